The third-order valence-corrected chi connectivity index (χ3v) is 10.5. The van der Waals surface area contributed by atoms with Crippen LogP contribution in [0.5, 0.6) is 0 Å². The lowest BCUT2D eigenvalue weighted by molar-refractivity contribution is -0.232. The zero-order chi connectivity index (χ0) is 22.2. The van der Waals surface area contributed by atoms with E-state index in [1.807, 2.05) is 0 Å². The van der Waals surface area contributed by atoms with Crippen LogP contribution in [-0.2, 0) is 23.8 Å². The Kier molecular flexibility index (Phi) is 4.87. The molecule has 1 unspecified atom stereocenters. The molecule has 2 aliphatic heterocycles. The largest absolute Gasteiger partial charge is 0.360 e. The van der Waals surface area contributed by atoms with Crippen LogP contribution in [0.25, 0.3) is 0 Å². The highest BCUT2D eigenvalue weighted by Gasteiger charge is 2.67. The first-order valence-corrected chi connectivity index (χ1v) is 12.6. The van der Waals surface area contributed by atoms with Gasteiger partial charge in [-0.05, 0) is 61.7 Å². The van der Waals surface area contributed by atoms with Gasteiger partial charge >= 0.3 is 0 Å². The molecule has 0 radical (unpaired) electrons. The van der Waals surface area contributed by atoms with Crippen molar-refractivity contribution in [2.45, 2.75) is 83.4 Å². The predicted molar refractivity (Wildman–Crippen MR) is 116 cm³/mol. The van der Waals surface area contributed by atoms with E-state index in [4.69, 9.17) is 23.8 Å². The summed E-state index contributed by atoms with van der Waals surface area (Å²) >= 11 is 0. The van der Waals surface area contributed by atoms with E-state index in [1.165, 1.54) is 12.0 Å². The van der Waals surface area contributed by atoms with Crippen molar-refractivity contribution in [3.05, 3.63) is 16.6 Å². The molecule has 0 aromatic carbocycles. The summed E-state index contributed by atoms with van der Waals surface area (Å²) in [6.45, 7) is 9.57. The maximum atomic E-state index is 11.4. The van der Waals surface area contributed by atoms with E-state index < -0.39 is 11.6 Å². The van der Waals surface area contributed by atoms with Gasteiger partial charge in [-0.2, -0.15) is 0 Å². The SMILES string of the molecule is CC1(C2CC[C@H]3[C@@H]4CC=C5CC6(CC[C@]5(C)[C@H]4[C@@H](ON=O)C[C@]23C)OCCO6)OCCO1. The first-order chi connectivity index (χ1) is 15.3. The predicted octanol–water partition coefficient (Wildman–Crippen LogP) is 4.75. The van der Waals surface area contributed by atoms with E-state index in [0.29, 0.717) is 44.2 Å². The summed E-state index contributed by atoms with van der Waals surface area (Å²) in [5.74, 6) is 0.652. The van der Waals surface area contributed by atoms with Crippen LogP contribution >= 0.6 is 0 Å². The minimum atomic E-state index is -0.538. The quantitative estimate of drug-likeness (QED) is 0.353. The molecular weight excluding hydrogens is 410 g/mol. The highest BCUT2D eigenvalue weighted by Crippen LogP contribution is 2.69. The summed E-state index contributed by atoms with van der Waals surface area (Å²) < 4.78 is 24.4. The molecule has 7 atom stereocenters. The molecule has 2 heterocycles. The smallest absolute Gasteiger partial charge is 0.172 e. The van der Waals surface area contributed by atoms with Crippen molar-refractivity contribution in [1.29, 1.82) is 0 Å². The minimum absolute atomic E-state index is 0.00484. The van der Waals surface area contributed by atoms with Crippen LogP contribution in [-0.4, -0.2) is 44.1 Å². The molecule has 7 nitrogen and oxygen atoms in total. The van der Waals surface area contributed by atoms with E-state index >= 15 is 0 Å². The molecule has 0 N–H and O–H groups in total. The number of allylic oxidation sites excluding steroid dienone is 1. The summed E-state index contributed by atoms with van der Waals surface area (Å²) in [6.07, 6.45) is 9.15. The zero-order valence-corrected chi connectivity index (χ0v) is 19.6. The van der Waals surface area contributed by atoms with Crippen molar-refractivity contribution in [3.63, 3.8) is 0 Å². The van der Waals surface area contributed by atoms with Crippen LogP contribution in [0.2, 0.25) is 0 Å². The summed E-state index contributed by atoms with van der Waals surface area (Å²) in [7, 11) is 0. The molecular formula is C25H37NO6. The lowest BCUT2D eigenvalue weighted by atomic mass is 9.46. The van der Waals surface area contributed by atoms with Gasteiger partial charge in [-0.1, -0.05) is 25.5 Å². The lowest BCUT2D eigenvalue weighted by Gasteiger charge is -2.60. The first-order valence-electron chi connectivity index (χ1n) is 12.6. The van der Waals surface area contributed by atoms with Crippen molar-refractivity contribution in [1.82, 2.24) is 0 Å². The van der Waals surface area contributed by atoms with Crippen LogP contribution < -0.4 is 0 Å². The van der Waals surface area contributed by atoms with Crippen LogP contribution in [0.3, 0.4) is 0 Å². The topological polar surface area (TPSA) is 75.6 Å². The third kappa shape index (κ3) is 2.87. The summed E-state index contributed by atoms with van der Waals surface area (Å²) in [5.41, 5.74) is 1.42. The van der Waals surface area contributed by atoms with Crippen molar-refractivity contribution in [2.75, 3.05) is 26.4 Å². The van der Waals surface area contributed by atoms with Gasteiger partial charge in [0.05, 0.1) is 26.4 Å². The van der Waals surface area contributed by atoms with E-state index in [1.54, 1.807) is 0 Å². The molecule has 7 heteroatoms. The Morgan fingerprint density at radius 2 is 1.72 bits per heavy atom. The molecule has 0 amide bonds. The normalized spacial score (nSPS) is 48.6. The second kappa shape index (κ2) is 7.24. The average Bonchev–Trinajstić information content (AvgIpc) is 3.48. The Balaban J connectivity index is 1.35. The fraction of sp³-hybridized carbons (Fsp3) is 0.920. The van der Waals surface area contributed by atoms with Gasteiger partial charge in [0, 0.05) is 24.7 Å². The van der Waals surface area contributed by atoms with Crippen molar-refractivity contribution in [2.24, 2.45) is 39.8 Å². The maximum Gasteiger partial charge on any atom is 0.172 e. The number of hydrogen-bond donors (Lipinski definition) is 0. The van der Waals surface area contributed by atoms with Gasteiger partial charge in [-0.25, -0.2) is 0 Å². The highest BCUT2D eigenvalue weighted by molar-refractivity contribution is 5.28. The average molecular weight is 448 g/mol. The van der Waals surface area contributed by atoms with Gasteiger partial charge < -0.3 is 23.8 Å². The lowest BCUT2D eigenvalue weighted by Crippen LogP contribution is -2.59. The molecule has 178 valence electrons. The van der Waals surface area contributed by atoms with Gasteiger partial charge in [0.25, 0.3) is 0 Å². The van der Waals surface area contributed by atoms with Crippen LogP contribution in [0.4, 0.5) is 0 Å². The minimum Gasteiger partial charge on any atom is -0.360 e. The molecule has 0 aromatic heterocycles. The van der Waals surface area contributed by atoms with E-state index in [0.717, 1.165) is 38.5 Å². The first kappa shape index (κ1) is 21.5. The van der Waals surface area contributed by atoms with Gasteiger partial charge in [-0.3, -0.25) is 0 Å². The van der Waals surface area contributed by atoms with Crippen LogP contribution in [0.1, 0.15) is 65.7 Å². The van der Waals surface area contributed by atoms with Gasteiger partial charge in [0.2, 0.25) is 0 Å². The monoisotopic (exact) mass is 447 g/mol. The van der Waals surface area contributed by atoms with Crippen molar-refractivity contribution in [3.8, 4) is 0 Å². The fourth-order valence-electron chi connectivity index (χ4n) is 9.19. The third-order valence-electron chi connectivity index (χ3n) is 10.5. The zero-order valence-electron chi connectivity index (χ0n) is 19.6. The Labute approximate surface area is 190 Å². The number of rotatable bonds is 3. The van der Waals surface area contributed by atoms with Gasteiger partial charge in [0.1, 0.15) is 6.10 Å². The fourth-order valence-corrected chi connectivity index (χ4v) is 9.19. The Morgan fingerprint density at radius 3 is 2.44 bits per heavy atom. The second-order valence-corrected chi connectivity index (χ2v) is 11.7. The summed E-state index contributed by atoms with van der Waals surface area (Å²) in [5, 5.41) is 2.99. The van der Waals surface area contributed by atoms with E-state index in [2.05, 4.69) is 32.2 Å². The number of ether oxygens (including phenoxy) is 4. The molecule has 2 saturated heterocycles. The molecule has 4 aliphatic carbocycles. The molecule has 3 saturated carbocycles. The maximum absolute atomic E-state index is 11.4. The molecule has 5 fully saturated rings. The van der Waals surface area contributed by atoms with E-state index in [9.17, 15) is 4.91 Å². The number of hydrogen-bond acceptors (Lipinski definition) is 7. The molecule has 6 rings (SSSR count). The molecule has 6 aliphatic rings. The van der Waals surface area contributed by atoms with Crippen molar-refractivity contribution >= 4 is 0 Å². The highest BCUT2D eigenvalue weighted by atomic mass is 16.7. The second-order valence-electron chi connectivity index (χ2n) is 11.7. The number of nitrogens with zero attached hydrogens (tertiary/aromatic N) is 1. The molecule has 0 bridgehead atoms. The van der Waals surface area contributed by atoms with Gasteiger partial charge in [-0.15, -0.1) is 4.91 Å². The van der Waals surface area contributed by atoms with Crippen LogP contribution in [0, 0.1) is 39.4 Å². The van der Waals surface area contributed by atoms with Crippen molar-refractivity contribution < 1.29 is 23.8 Å². The summed E-state index contributed by atoms with van der Waals surface area (Å²) in [4.78, 5) is 17.1. The Bertz CT molecular complexity index is 802. The standard InChI is InChI=1S/C25H37NO6/c1-22-8-9-25(30-12-13-31-25)14-16(22)4-5-17-18-6-7-20(24(3)28-10-11-29-24)23(18,2)15-19(21(17)22)32-26-27/h4,17-21H,5-15H2,1-3H3/t17-,18-,19-,20?,21+,22-,23-/m0/s1. The van der Waals surface area contributed by atoms with E-state index in [-0.39, 0.29) is 22.9 Å². The Morgan fingerprint density at radius 1 is 1.00 bits per heavy atom. The molecule has 0 aromatic rings. The van der Waals surface area contributed by atoms with Crippen LogP contribution in [0.15, 0.2) is 17.0 Å². The number of fused-ring (bicyclic) bond motifs is 5. The molecule has 1 spiro atoms. The molecule has 32 heavy (non-hydrogen) atoms. The summed E-state index contributed by atoms with van der Waals surface area (Å²) in [6, 6.07) is 0. The van der Waals surface area contributed by atoms with Gasteiger partial charge in [0.15, 0.2) is 16.9 Å². The Hall–Kier alpha value is -1.02.